The van der Waals surface area contributed by atoms with Crippen LogP contribution in [0.1, 0.15) is 16.1 Å². The topological polar surface area (TPSA) is 71.5 Å². The standard InChI is InChI=1S/C14H13ClN2O3/c1-8-7-9(20-2)3-5-11(8)16-12-6-4-10(15)13(17-12)14(18)19/h3-7H,1-2H3,(H,16,17)(H,18,19). The molecule has 0 radical (unpaired) electrons. The molecule has 2 rings (SSSR count). The highest BCUT2D eigenvalue weighted by atomic mass is 35.5. The fraction of sp³-hybridized carbons (Fsp3) is 0.143. The summed E-state index contributed by atoms with van der Waals surface area (Å²) in [7, 11) is 1.60. The molecule has 104 valence electrons. The van der Waals surface area contributed by atoms with Gasteiger partial charge in [0.05, 0.1) is 12.1 Å². The summed E-state index contributed by atoms with van der Waals surface area (Å²) in [6.07, 6.45) is 0. The molecule has 0 aliphatic heterocycles. The van der Waals surface area contributed by atoms with Gasteiger partial charge in [-0.2, -0.15) is 0 Å². The molecule has 5 nitrogen and oxygen atoms in total. The number of carboxylic acids is 1. The zero-order valence-corrected chi connectivity index (χ0v) is 11.7. The van der Waals surface area contributed by atoms with Crippen LogP contribution in [0.15, 0.2) is 30.3 Å². The lowest BCUT2D eigenvalue weighted by Gasteiger charge is -2.11. The molecule has 0 saturated heterocycles. The lowest BCUT2D eigenvalue weighted by molar-refractivity contribution is 0.0691. The highest BCUT2D eigenvalue weighted by molar-refractivity contribution is 6.33. The first kappa shape index (κ1) is 14.1. The molecule has 0 bridgehead atoms. The van der Waals surface area contributed by atoms with Crippen molar-refractivity contribution in [2.24, 2.45) is 0 Å². The predicted octanol–water partition coefficient (Wildman–Crippen LogP) is 3.49. The summed E-state index contributed by atoms with van der Waals surface area (Å²) >= 11 is 5.78. The van der Waals surface area contributed by atoms with Crippen LogP contribution in [0, 0.1) is 6.92 Å². The van der Waals surface area contributed by atoms with Crippen molar-refractivity contribution in [2.45, 2.75) is 6.92 Å². The molecule has 6 heteroatoms. The molecule has 0 aliphatic carbocycles. The van der Waals surface area contributed by atoms with Crippen molar-refractivity contribution < 1.29 is 14.6 Å². The Labute approximate surface area is 121 Å². The number of aryl methyl sites for hydroxylation is 1. The highest BCUT2D eigenvalue weighted by Crippen LogP contribution is 2.25. The van der Waals surface area contributed by atoms with Gasteiger partial charge in [-0.1, -0.05) is 11.6 Å². The van der Waals surface area contributed by atoms with E-state index in [9.17, 15) is 4.79 Å². The third-order valence-electron chi connectivity index (χ3n) is 2.74. The lowest BCUT2D eigenvalue weighted by atomic mass is 10.2. The number of hydrogen-bond donors (Lipinski definition) is 2. The molecule has 0 fully saturated rings. The Hall–Kier alpha value is -2.27. The van der Waals surface area contributed by atoms with E-state index in [0.717, 1.165) is 17.0 Å². The van der Waals surface area contributed by atoms with Crippen LogP contribution in [0.4, 0.5) is 11.5 Å². The summed E-state index contributed by atoms with van der Waals surface area (Å²) in [4.78, 5) is 15.0. The molecular weight excluding hydrogens is 280 g/mol. The van der Waals surface area contributed by atoms with Gasteiger partial charge in [-0.25, -0.2) is 9.78 Å². The summed E-state index contributed by atoms with van der Waals surface area (Å²) < 4.78 is 5.13. The maximum Gasteiger partial charge on any atom is 0.356 e. The smallest absolute Gasteiger partial charge is 0.356 e. The number of aromatic nitrogens is 1. The van der Waals surface area contributed by atoms with Gasteiger partial charge in [0.1, 0.15) is 11.6 Å². The number of halogens is 1. The van der Waals surface area contributed by atoms with Crippen LogP contribution in [0.3, 0.4) is 0 Å². The monoisotopic (exact) mass is 292 g/mol. The molecule has 0 spiro atoms. The Morgan fingerprint density at radius 2 is 2.10 bits per heavy atom. The van der Waals surface area contributed by atoms with Gasteiger partial charge < -0.3 is 15.2 Å². The average Bonchev–Trinajstić information content (AvgIpc) is 2.42. The van der Waals surface area contributed by atoms with Gasteiger partial charge >= 0.3 is 5.97 Å². The Kier molecular flexibility index (Phi) is 4.10. The quantitative estimate of drug-likeness (QED) is 0.902. The van der Waals surface area contributed by atoms with E-state index in [2.05, 4.69) is 10.3 Å². The van der Waals surface area contributed by atoms with Crippen LogP contribution in [0.25, 0.3) is 0 Å². The number of pyridine rings is 1. The fourth-order valence-corrected chi connectivity index (χ4v) is 1.89. The van der Waals surface area contributed by atoms with Crippen LogP contribution in [-0.4, -0.2) is 23.2 Å². The third kappa shape index (κ3) is 3.00. The summed E-state index contributed by atoms with van der Waals surface area (Å²) in [5, 5.41) is 12.2. The first-order chi connectivity index (χ1) is 9.51. The normalized spacial score (nSPS) is 10.2. The summed E-state index contributed by atoms with van der Waals surface area (Å²) in [6, 6.07) is 8.64. The molecule has 0 unspecified atom stereocenters. The number of hydrogen-bond acceptors (Lipinski definition) is 4. The van der Waals surface area contributed by atoms with Crippen LogP contribution in [0.2, 0.25) is 5.02 Å². The van der Waals surface area contributed by atoms with Crippen LogP contribution in [0.5, 0.6) is 5.75 Å². The molecule has 2 N–H and O–H groups in total. The van der Waals surface area contributed by atoms with Gasteiger partial charge in [0, 0.05) is 5.69 Å². The minimum Gasteiger partial charge on any atom is -0.497 e. The van der Waals surface area contributed by atoms with Crippen molar-refractivity contribution >= 4 is 29.1 Å². The van der Waals surface area contributed by atoms with Gasteiger partial charge in [-0.3, -0.25) is 0 Å². The van der Waals surface area contributed by atoms with E-state index >= 15 is 0 Å². The molecule has 0 saturated carbocycles. The van der Waals surface area contributed by atoms with Crippen molar-refractivity contribution in [3.8, 4) is 5.75 Å². The van der Waals surface area contributed by atoms with Gasteiger partial charge in [-0.05, 0) is 42.8 Å². The first-order valence-corrected chi connectivity index (χ1v) is 6.20. The number of nitrogens with zero attached hydrogens (tertiary/aromatic N) is 1. The number of carboxylic acid groups (broad SMARTS) is 1. The molecule has 1 heterocycles. The summed E-state index contributed by atoms with van der Waals surface area (Å²) in [5.41, 5.74) is 1.60. The largest absolute Gasteiger partial charge is 0.497 e. The van der Waals surface area contributed by atoms with Crippen molar-refractivity contribution in [1.29, 1.82) is 0 Å². The molecule has 0 amide bonds. The number of ether oxygens (including phenoxy) is 1. The second-order valence-electron chi connectivity index (χ2n) is 4.14. The Balaban J connectivity index is 2.30. The number of methoxy groups -OCH3 is 1. The second-order valence-corrected chi connectivity index (χ2v) is 4.55. The number of anilines is 2. The number of nitrogens with one attached hydrogen (secondary N) is 1. The average molecular weight is 293 g/mol. The molecular formula is C14H13ClN2O3. The second kappa shape index (κ2) is 5.79. The van der Waals surface area contributed by atoms with Crippen molar-refractivity contribution in [3.63, 3.8) is 0 Å². The molecule has 20 heavy (non-hydrogen) atoms. The van der Waals surface area contributed by atoms with Gasteiger partial charge in [0.2, 0.25) is 0 Å². The van der Waals surface area contributed by atoms with Gasteiger partial charge in [0.25, 0.3) is 0 Å². The van der Waals surface area contributed by atoms with Crippen molar-refractivity contribution in [2.75, 3.05) is 12.4 Å². The third-order valence-corrected chi connectivity index (χ3v) is 3.05. The first-order valence-electron chi connectivity index (χ1n) is 5.83. The van der Waals surface area contributed by atoms with E-state index in [-0.39, 0.29) is 10.7 Å². The Morgan fingerprint density at radius 3 is 2.70 bits per heavy atom. The fourth-order valence-electron chi connectivity index (χ4n) is 1.70. The maximum atomic E-state index is 11.0. The minimum atomic E-state index is -1.16. The summed E-state index contributed by atoms with van der Waals surface area (Å²) in [5.74, 6) is 0.00788. The highest BCUT2D eigenvalue weighted by Gasteiger charge is 2.12. The van der Waals surface area contributed by atoms with Crippen molar-refractivity contribution in [3.05, 3.63) is 46.6 Å². The SMILES string of the molecule is COc1ccc(Nc2ccc(Cl)c(C(=O)O)n2)c(C)c1. The van der Waals surface area contributed by atoms with Gasteiger partial charge in [-0.15, -0.1) is 0 Å². The van der Waals surface area contributed by atoms with E-state index in [1.165, 1.54) is 6.07 Å². The van der Waals surface area contributed by atoms with Crippen molar-refractivity contribution in [1.82, 2.24) is 4.98 Å². The molecule has 0 atom stereocenters. The van der Waals surface area contributed by atoms with Crippen LogP contribution in [-0.2, 0) is 0 Å². The maximum absolute atomic E-state index is 11.0. The Morgan fingerprint density at radius 1 is 1.35 bits per heavy atom. The van der Waals surface area contributed by atoms with E-state index in [4.69, 9.17) is 21.4 Å². The number of benzene rings is 1. The number of carbonyl (C=O) groups is 1. The lowest BCUT2D eigenvalue weighted by Crippen LogP contribution is -2.04. The van der Waals surface area contributed by atoms with Crippen LogP contribution >= 0.6 is 11.6 Å². The minimum absolute atomic E-state index is 0.106. The molecule has 0 aliphatic rings. The number of rotatable bonds is 4. The number of aromatic carboxylic acids is 1. The predicted molar refractivity (Wildman–Crippen MR) is 77.2 cm³/mol. The van der Waals surface area contributed by atoms with Crippen LogP contribution < -0.4 is 10.1 Å². The zero-order chi connectivity index (χ0) is 14.7. The van der Waals surface area contributed by atoms with Gasteiger partial charge in [0.15, 0.2) is 5.69 Å². The van der Waals surface area contributed by atoms with E-state index in [1.807, 2.05) is 25.1 Å². The molecule has 2 aromatic rings. The van der Waals surface area contributed by atoms with E-state index < -0.39 is 5.97 Å². The van der Waals surface area contributed by atoms with E-state index in [1.54, 1.807) is 13.2 Å². The summed E-state index contributed by atoms with van der Waals surface area (Å²) in [6.45, 7) is 1.92. The zero-order valence-electron chi connectivity index (χ0n) is 11.0. The molecule has 1 aromatic heterocycles. The Bertz CT molecular complexity index is 659. The molecule has 1 aromatic carbocycles. The van der Waals surface area contributed by atoms with E-state index in [0.29, 0.717) is 5.82 Å².